The Morgan fingerprint density at radius 1 is 1.41 bits per heavy atom. The molecule has 0 bridgehead atoms. The molecule has 0 aliphatic rings. The van der Waals surface area contributed by atoms with Gasteiger partial charge in [0.15, 0.2) is 5.54 Å². The van der Waals surface area contributed by atoms with Crippen LogP contribution < -0.4 is 5.32 Å². The van der Waals surface area contributed by atoms with Crippen LogP contribution in [0.1, 0.15) is 18.9 Å². The first kappa shape index (κ1) is 14.1. The standard InChI is InChI=1S/C13H19NO2S/c1-3-9-17-10-13(14-2,12(15)16)11-7-5-4-6-8-11/h4-8,14H,3,9-10H2,1-2H3,(H,15,16). The normalized spacial score (nSPS) is 14.2. The van der Waals surface area contributed by atoms with Crippen molar-refractivity contribution in [3.05, 3.63) is 35.9 Å². The van der Waals surface area contributed by atoms with Gasteiger partial charge in [-0.25, -0.2) is 4.79 Å². The van der Waals surface area contributed by atoms with E-state index in [4.69, 9.17) is 0 Å². The van der Waals surface area contributed by atoms with Crippen LogP contribution in [-0.2, 0) is 10.3 Å². The van der Waals surface area contributed by atoms with Gasteiger partial charge < -0.3 is 10.4 Å². The maximum absolute atomic E-state index is 11.6. The zero-order valence-electron chi connectivity index (χ0n) is 10.3. The molecule has 94 valence electrons. The lowest BCUT2D eigenvalue weighted by molar-refractivity contribution is -0.144. The Labute approximate surface area is 107 Å². The first-order chi connectivity index (χ1) is 8.17. The molecular formula is C13H19NO2S. The molecular weight excluding hydrogens is 234 g/mol. The molecule has 0 radical (unpaired) electrons. The molecule has 0 amide bonds. The van der Waals surface area contributed by atoms with Crippen LogP contribution in [0.2, 0.25) is 0 Å². The van der Waals surface area contributed by atoms with Crippen molar-refractivity contribution >= 4 is 17.7 Å². The monoisotopic (exact) mass is 253 g/mol. The van der Waals surface area contributed by atoms with Crippen LogP contribution in [0.25, 0.3) is 0 Å². The molecule has 0 spiro atoms. The summed E-state index contributed by atoms with van der Waals surface area (Å²) in [5.41, 5.74) is -0.181. The van der Waals surface area contributed by atoms with Gasteiger partial charge in [0.1, 0.15) is 0 Å². The van der Waals surface area contributed by atoms with E-state index >= 15 is 0 Å². The number of hydrogen-bond donors (Lipinski definition) is 2. The average Bonchev–Trinajstić information content (AvgIpc) is 2.36. The van der Waals surface area contributed by atoms with Crippen molar-refractivity contribution in [1.82, 2.24) is 5.32 Å². The minimum absolute atomic E-state index is 0.538. The molecule has 1 atom stereocenters. The molecule has 2 N–H and O–H groups in total. The smallest absolute Gasteiger partial charge is 0.329 e. The second-order valence-electron chi connectivity index (χ2n) is 3.88. The maximum atomic E-state index is 11.6. The number of aliphatic carboxylic acids is 1. The fraction of sp³-hybridized carbons (Fsp3) is 0.462. The molecule has 1 rings (SSSR count). The van der Waals surface area contributed by atoms with E-state index in [0.717, 1.165) is 17.7 Å². The Hall–Kier alpha value is -1.00. The minimum Gasteiger partial charge on any atom is -0.480 e. The number of carbonyl (C=O) groups is 1. The van der Waals surface area contributed by atoms with E-state index in [9.17, 15) is 9.90 Å². The summed E-state index contributed by atoms with van der Waals surface area (Å²) < 4.78 is 0. The SMILES string of the molecule is CCCSCC(NC)(C(=O)O)c1ccccc1. The Kier molecular flexibility index (Phi) is 5.51. The molecule has 3 nitrogen and oxygen atoms in total. The summed E-state index contributed by atoms with van der Waals surface area (Å²) in [6.07, 6.45) is 1.05. The summed E-state index contributed by atoms with van der Waals surface area (Å²) in [6.45, 7) is 2.09. The van der Waals surface area contributed by atoms with E-state index in [1.54, 1.807) is 18.8 Å². The van der Waals surface area contributed by atoms with Gasteiger partial charge in [0, 0.05) is 5.75 Å². The van der Waals surface area contributed by atoms with Gasteiger partial charge in [0.05, 0.1) is 0 Å². The highest BCUT2D eigenvalue weighted by atomic mass is 32.2. The first-order valence-electron chi connectivity index (χ1n) is 5.73. The number of rotatable bonds is 7. The summed E-state index contributed by atoms with van der Waals surface area (Å²) in [7, 11) is 1.70. The third-order valence-corrected chi connectivity index (χ3v) is 4.06. The molecule has 0 heterocycles. The number of benzene rings is 1. The van der Waals surface area contributed by atoms with E-state index in [1.807, 2.05) is 30.3 Å². The Bertz CT molecular complexity index is 356. The number of carboxylic acids is 1. The zero-order valence-corrected chi connectivity index (χ0v) is 11.1. The van der Waals surface area contributed by atoms with Crippen molar-refractivity contribution < 1.29 is 9.90 Å². The number of likely N-dealkylation sites (N-methyl/N-ethyl adjacent to an activating group) is 1. The highest BCUT2D eigenvalue weighted by molar-refractivity contribution is 7.99. The maximum Gasteiger partial charge on any atom is 0.329 e. The van der Waals surface area contributed by atoms with Crippen LogP contribution >= 0.6 is 11.8 Å². The molecule has 0 saturated carbocycles. The van der Waals surface area contributed by atoms with Crippen molar-refractivity contribution in [3.8, 4) is 0 Å². The van der Waals surface area contributed by atoms with Gasteiger partial charge in [-0.3, -0.25) is 0 Å². The molecule has 1 aromatic rings. The van der Waals surface area contributed by atoms with E-state index in [1.165, 1.54) is 0 Å². The molecule has 0 aromatic heterocycles. The largest absolute Gasteiger partial charge is 0.480 e. The van der Waals surface area contributed by atoms with Crippen molar-refractivity contribution in [2.75, 3.05) is 18.6 Å². The van der Waals surface area contributed by atoms with Gasteiger partial charge in [0.2, 0.25) is 0 Å². The third kappa shape index (κ3) is 3.23. The summed E-state index contributed by atoms with van der Waals surface area (Å²) in [4.78, 5) is 11.6. The van der Waals surface area contributed by atoms with Gasteiger partial charge in [-0.15, -0.1) is 0 Å². The third-order valence-electron chi connectivity index (χ3n) is 2.73. The van der Waals surface area contributed by atoms with Crippen LogP contribution in [0.3, 0.4) is 0 Å². The lowest BCUT2D eigenvalue weighted by atomic mass is 9.92. The summed E-state index contributed by atoms with van der Waals surface area (Å²) >= 11 is 1.66. The van der Waals surface area contributed by atoms with Gasteiger partial charge in [-0.05, 0) is 24.8 Å². The lowest BCUT2D eigenvalue weighted by Gasteiger charge is -2.29. The Balaban J connectivity index is 2.97. The molecule has 4 heteroatoms. The van der Waals surface area contributed by atoms with Crippen molar-refractivity contribution in [1.29, 1.82) is 0 Å². The van der Waals surface area contributed by atoms with Crippen molar-refractivity contribution in [2.45, 2.75) is 18.9 Å². The number of hydrogen-bond acceptors (Lipinski definition) is 3. The number of carboxylic acid groups (broad SMARTS) is 1. The highest BCUT2D eigenvalue weighted by Crippen LogP contribution is 2.26. The molecule has 0 saturated heterocycles. The van der Waals surface area contributed by atoms with Crippen LogP contribution in [0, 0.1) is 0 Å². The van der Waals surface area contributed by atoms with Gasteiger partial charge in [-0.1, -0.05) is 37.3 Å². The zero-order chi connectivity index (χ0) is 12.7. The molecule has 1 aromatic carbocycles. The molecule has 0 aliphatic heterocycles. The summed E-state index contributed by atoms with van der Waals surface area (Å²) in [6, 6.07) is 9.35. The number of nitrogens with one attached hydrogen (secondary N) is 1. The molecule has 0 fully saturated rings. The molecule has 0 aliphatic carbocycles. The summed E-state index contributed by atoms with van der Waals surface area (Å²) in [5.74, 6) is 0.690. The van der Waals surface area contributed by atoms with Gasteiger partial charge in [-0.2, -0.15) is 11.8 Å². The van der Waals surface area contributed by atoms with Gasteiger partial charge >= 0.3 is 5.97 Å². The second-order valence-corrected chi connectivity index (χ2v) is 4.98. The summed E-state index contributed by atoms with van der Waals surface area (Å²) in [5, 5.41) is 12.5. The van der Waals surface area contributed by atoms with Crippen molar-refractivity contribution in [2.24, 2.45) is 0 Å². The Morgan fingerprint density at radius 3 is 2.53 bits per heavy atom. The fourth-order valence-corrected chi connectivity index (χ4v) is 2.86. The first-order valence-corrected chi connectivity index (χ1v) is 6.88. The van der Waals surface area contributed by atoms with E-state index in [-0.39, 0.29) is 0 Å². The van der Waals surface area contributed by atoms with E-state index in [0.29, 0.717) is 5.75 Å². The van der Waals surface area contributed by atoms with Crippen molar-refractivity contribution in [3.63, 3.8) is 0 Å². The second kappa shape index (κ2) is 6.67. The average molecular weight is 253 g/mol. The van der Waals surface area contributed by atoms with E-state index < -0.39 is 11.5 Å². The van der Waals surface area contributed by atoms with Crippen LogP contribution in [0.4, 0.5) is 0 Å². The van der Waals surface area contributed by atoms with Crippen LogP contribution in [0.5, 0.6) is 0 Å². The highest BCUT2D eigenvalue weighted by Gasteiger charge is 2.38. The fourth-order valence-electron chi connectivity index (χ4n) is 1.68. The molecule has 17 heavy (non-hydrogen) atoms. The van der Waals surface area contributed by atoms with Crippen LogP contribution in [0.15, 0.2) is 30.3 Å². The predicted molar refractivity (Wildman–Crippen MR) is 72.4 cm³/mol. The van der Waals surface area contributed by atoms with Crippen LogP contribution in [-0.4, -0.2) is 29.6 Å². The lowest BCUT2D eigenvalue weighted by Crippen LogP contribution is -2.49. The topological polar surface area (TPSA) is 49.3 Å². The minimum atomic E-state index is -0.985. The quantitative estimate of drug-likeness (QED) is 0.732. The van der Waals surface area contributed by atoms with E-state index in [2.05, 4.69) is 12.2 Å². The van der Waals surface area contributed by atoms with Gasteiger partial charge in [0.25, 0.3) is 0 Å². The predicted octanol–water partition coefficient (Wildman–Crippen LogP) is 2.33. The number of thioether (sulfide) groups is 1. The molecule has 1 unspecified atom stereocenters. The Morgan fingerprint density at radius 2 is 2.06 bits per heavy atom.